The van der Waals surface area contributed by atoms with Gasteiger partial charge in [-0.3, -0.25) is 0 Å². The molecule has 100 valence electrons. The first-order valence-corrected chi connectivity index (χ1v) is 5.69. The summed E-state index contributed by atoms with van der Waals surface area (Å²) in [5.74, 6) is 1.50. The lowest BCUT2D eigenvalue weighted by Crippen LogP contribution is -2.13. The number of aromatic amines is 2. The predicted molar refractivity (Wildman–Crippen MR) is 65.8 cm³/mol. The Hall–Kier alpha value is -1.86. The minimum Gasteiger partial charge on any atom is -0.177 e. The Morgan fingerprint density at radius 2 is 1.00 bits per heavy atom. The normalized spacial score (nSPS) is 11.9. The average Bonchev–Trinajstić information content (AvgIpc) is 2.91. The van der Waals surface area contributed by atoms with Crippen LogP contribution in [0.5, 0.6) is 0 Å². The van der Waals surface area contributed by atoms with E-state index in [1.54, 1.807) is 0 Å². The van der Waals surface area contributed by atoms with Crippen LogP contribution in [0.15, 0.2) is 0 Å². The number of hydrogen-bond donors (Lipinski definition) is 2. The molecule has 8 heteroatoms. The summed E-state index contributed by atoms with van der Waals surface area (Å²) in [5, 5.41) is 27.1. The quantitative estimate of drug-likeness (QED) is 0.723. The van der Waals surface area contributed by atoms with E-state index in [4.69, 9.17) is 0 Å². The van der Waals surface area contributed by atoms with Gasteiger partial charge in [-0.1, -0.05) is 52.0 Å². The van der Waals surface area contributed by atoms with Gasteiger partial charge in [-0.25, -0.2) is 0 Å². The minimum absolute atomic E-state index is 0.00694. The molecule has 2 aromatic heterocycles. The average molecular weight is 252 g/mol. The first-order chi connectivity index (χ1) is 8.21. The molecule has 18 heavy (non-hydrogen) atoms. The number of tetrazole rings is 2. The standard InChI is InChI=1S/2C5H10N4/c2*1-5(2,3)4-6-8-9-7-4/h2*1-3H3,(H,6,7,8,9). The fourth-order valence-electron chi connectivity index (χ4n) is 0.959. The topological polar surface area (TPSA) is 109 Å². The zero-order valence-corrected chi connectivity index (χ0v) is 11.7. The van der Waals surface area contributed by atoms with Crippen molar-refractivity contribution >= 4 is 0 Å². The second-order valence-electron chi connectivity index (χ2n) is 5.97. The molecule has 0 bridgehead atoms. The second-order valence-corrected chi connectivity index (χ2v) is 5.97. The lowest BCUT2D eigenvalue weighted by atomic mass is 9.96. The van der Waals surface area contributed by atoms with Crippen LogP contribution in [0.2, 0.25) is 0 Å². The van der Waals surface area contributed by atoms with Crippen molar-refractivity contribution in [3.05, 3.63) is 11.6 Å². The third-order valence-corrected chi connectivity index (χ3v) is 2.03. The maximum atomic E-state index is 3.84. The van der Waals surface area contributed by atoms with Gasteiger partial charge < -0.3 is 0 Å². The van der Waals surface area contributed by atoms with Gasteiger partial charge in [-0.05, 0) is 0 Å². The molecule has 0 saturated carbocycles. The Morgan fingerprint density at radius 1 is 0.667 bits per heavy atom. The monoisotopic (exact) mass is 252 g/mol. The second kappa shape index (κ2) is 5.19. The van der Waals surface area contributed by atoms with E-state index >= 15 is 0 Å². The van der Waals surface area contributed by atoms with Gasteiger partial charge in [0.15, 0.2) is 11.6 Å². The molecule has 2 rings (SSSR count). The molecule has 0 radical (unpaired) electrons. The number of nitrogens with one attached hydrogen (secondary N) is 2. The highest BCUT2D eigenvalue weighted by Gasteiger charge is 2.18. The van der Waals surface area contributed by atoms with Gasteiger partial charge >= 0.3 is 0 Å². The van der Waals surface area contributed by atoms with E-state index in [1.165, 1.54) is 0 Å². The Kier molecular flexibility index (Phi) is 4.10. The van der Waals surface area contributed by atoms with Crippen LogP contribution in [0.25, 0.3) is 0 Å². The third-order valence-electron chi connectivity index (χ3n) is 2.03. The summed E-state index contributed by atoms with van der Waals surface area (Å²) in [7, 11) is 0. The molecule has 0 unspecified atom stereocenters. The van der Waals surface area contributed by atoms with Crippen LogP contribution in [0.1, 0.15) is 53.2 Å². The molecule has 0 aliphatic carbocycles. The van der Waals surface area contributed by atoms with Crippen LogP contribution in [0.3, 0.4) is 0 Å². The van der Waals surface area contributed by atoms with E-state index in [0.717, 1.165) is 11.6 Å². The van der Waals surface area contributed by atoms with Crippen molar-refractivity contribution in [1.29, 1.82) is 0 Å². The van der Waals surface area contributed by atoms with Crippen LogP contribution in [0, 0.1) is 0 Å². The Balaban J connectivity index is 0.000000180. The fraction of sp³-hybridized carbons (Fsp3) is 0.800. The van der Waals surface area contributed by atoms with Crippen molar-refractivity contribution in [3.63, 3.8) is 0 Å². The molecular formula is C10H20N8. The van der Waals surface area contributed by atoms with Gasteiger partial charge in [0, 0.05) is 10.8 Å². The molecule has 0 atom stereocenters. The molecule has 0 spiro atoms. The first kappa shape index (κ1) is 14.2. The summed E-state index contributed by atoms with van der Waals surface area (Å²) in [6, 6.07) is 0. The predicted octanol–water partition coefficient (Wildman–Crippen LogP) is 0.994. The van der Waals surface area contributed by atoms with Gasteiger partial charge in [-0.2, -0.15) is 10.4 Å². The first-order valence-electron chi connectivity index (χ1n) is 5.69. The van der Waals surface area contributed by atoms with Crippen LogP contribution in [-0.4, -0.2) is 41.2 Å². The van der Waals surface area contributed by atoms with Crippen molar-refractivity contribution in [1.82, 2.24) is 41.2 Å². The Labute approximate surface area is 106 Å². The summed E-state index contributed by atoms with van der Waals surface area (Å²) in [5.41, 5.74) is 0.0139. The lowest BCUT2D eigenvalue weighted by Gasteiger charge is -2.10. The van der Waals surface area contributed by atoms with Crippen molar-refractivity contribution in [3.8, 4) is 0 Å². The summed E-state index contributed by atoms with van der Waals surface area (Å²) >= 11 is 0. The molecule has 0 aliphatic heterocycles. The van der Waals surface area contributed by atoms with Crippen LogP contribution in [0.4, 0.5) is 0 Å². The van der Waals surface area contributed by atoms with E-state index in [9.17, 15) is 0 Å². The largest absolute Gasteiger partial charge is 0.179 e. The van der Waals surface area contributed by atoms with Crippen LogP contribution < -0.4 is 0 Å². The Bertz CT molecular complexity index is 387. The van der Waals surface area contributed by atoms with Gasteiger partial charge in [0.25, 0.3) is 0 Å². The van der Waals surface area contributed by atoms with Gasteiger partial charge in [0.05, 0.1) is 0 Å². The van der Waals surface area contributed by atoms with Gasteiger partial charge in [0.1, 0.15) is 0 Å². The molecule has 2 aromatic rings. The van der Waals surface area contributed by atoms with E-state index in [1.807, 2.05) is 41.5 Å². The molecule has 8 nitrogen and oxygen atoms in total. The van der Waals surface area contributed by atoms with Gasteiger partial charge in [-0.15, -0.1) is 20.4 Å². The molecule has 0 saturated heterocycles. The smallest absolute Gasteiger partial charge is 0.177 e. The summed E-state index contributed by atoms with van der Waals surface area (Å²) in [6.07, 6.45) is 0. The SMILES string of the molecule is CC(C)(C)c1nn[nH]n1.CC(C)(C)c1nn[nH]n1. The molecule has 0 aromatic carbocycles. The van der Waals surface area contributed by atoms with E-state index in [0.29, 0.717) is 0 Å². The maximum Gasteiger partial charge on any atom is 0.179 e. The van der Waals surface area contributed by atoms with Crippen LogP contribution >= 0.6 is 0 Å². The van der Waals surface area contributed by atoms with Crippen molar-refractivity contribution in [2.45, 2.75) is 52.4 Å². The molecule has 0 fully saturated rings. The number of nitrogens with zero attached hydrogens (tertiary/aromatic N) is 6. The van der Waals surface area contributed by atoms with Crippen molar-refractivity contribution < 1.29 is 0 Å². The molecule has 0 aliphatic rings. The number of hydrogen-bond acceptors (Lipinski definition) is 6. The minimum atomic E-state index is 0.00694. The lowest BCUT2D eigenvalue weighted by molar-refractivity contribution is 0.546. The Morgan fingerprint density at radius 3 is 1.11 bits per heavy atom. The van der Waals surface area contributed by atoms with Crippen molar-refractivity contribution in [2.24, 2.45) is 0 Å². The highest BCUT2D eigenvalue weighted by atomic mass is 15.5. The zero-order valence-electron chi connectivity index (χ0n) is 11.7. The number of rotatable bonds is 0. The molecule has 2 heterocycles. The summed E-state index contributed by atoms with van der Waals surface area (Å²) in [4.78, 5) is 0. The highest BCUT2D eigenvalue weighted by molar-refractivity contribution is 4.95. The molecule has 2 N–H and O–H groups in total. The highest BCUT2D eigenvalue weighted by Crippen LogP contribution is 2.15. The molecular weight excluding hydrogens is 232 g/mol. The molecule has 0 amide bonds. The van der Waals surface area contributed by atoms with Crippen molar-refractivity contribution in [2.75, 3.05) is 0 Å². The van der Waals surface area contributed by atoms with Crippen LogP contribution in [-0.2, 0) is 10.8 Å². The zero-order chi connectivity index (χ0) is 13.8. The summed E-state index contributed by atoms with van der Waals surface area (Å²) in [6.45, 7) is 12.2. The van der Waals surface area contributed by atoms with E-state index in [2.05, 4.69) is 41.2 Å². The van der Waals surface area contributed by atoms with Gasteiger partial charge in [0.2, 0.25) is 0 Å². The van der Waals surface area contributed by atoms with E-state index < -0.39 is 0 Å². The third kappa shape index (κ3) is 4.19. The maximum absolute atomic E-state index is 3.84. The summed E-state index contributed by atoms with van der Waals surface area (Å²) < 4.78 is 0. The number of aromatic nitrogens is 8. The number of H-pyrrole nitrogens is 2. The van der Waals surface area contributed by atoms with E-state index in [-0.39, 0.29) is 10.8 Å². The fourth-order valence-corrected chi connectivity index (χ4v) is 0.959.